The molecule has 0 saturated heterocycles. The number of nitrogens with zero attached hydrogens (tertiary/aromatic N) is 3. The molecule has 0 unspecified atom stereocenters. The zero-order valence-electron chi connectivity index (χ0n) is 18.7. The first kappa shape index (κ1) is 23.5. The fourth-order valence-electron chi connectivity index (χ4n) is 3.40. The highest BCUT2D eigenvalue weighted by Crippen LogP contribution is 2.12. The normalized spacial score (nSPS) is 11.1. The molecule has 3 rings (SSSR count). The number of hydrogen-bond donors (Lipinski definition) is 2. The van der Waals surface area contributed by atoms with Gasteiger partial charge in [0.2, 0.25) is 5.78 Å². The van der Waals surface area contributed by atoms with Gasteiger partial charge in [-0.2, -0.15) is 0 Å². The number of nitrogen functional groups attached to an aromatic ring is 1. The summed E-state index contributed by atoms with van der Waals surface area (Å²) in [4.78, 5) is 64.4. The minimum absolute atomic E-state index is 0.0390. The number of ether oxygens (including phenoxy) is 1. The Labute approximate surface area is 188 Å². The van der Waals surface area contributed by atoms with E-state index in [2.05, 4.69) is 4.98 Å². The van der Waals surface area contributed by atoms with Gasteiger partial charge in [-0.05, 0) is 37.1 Å². The topological polar surface area (TPSA) is 151 Å². The molecule has 0 radical (unpaired) electrons. The lowest BCUT2D eigenvalue weighted by Gasteiger charge is -2.16. The monoisotopic (exact) mass is 455 g/mol. The Hall–Kier alpha value is -4.15. The second kappa shape index (κ2) is 9.15. The van der Waals surface area contributed by atoms with Crippen LogP contribution in [-0.2, 0) is 18.3 Å². The molecule has 11 nitrogen and oxygen atoms in total. The van der Waals surface area contributed by atoms with Crippen molar-refractivity contribution >= 4 is 17.6 Å². The number of anilines is 1. The molecule has 0 fully saturated rings. The number of aryl methyl sites for hydroxylation is 1. The van der Waals surface area contributed by atoms with Crippen molar-refractivity contribution in [3.8, 4) is 5.69 Å². The molecule has 0 aliphatic carbocycles. The summed E-state index contributed by atoms with van der Waals surface area (Å²) in [6, 6.07) is 6.04. The standard InChI is InChI=1S/C22H25N5O6/c1-12(2)10-26-18(23)17(19(29)25(4)22(26)32)16(28)11-33-20(30)14-5-7-15(8-6-14)27-13(3)9-24-21(27)31/h5-9,12H,10-11,23H2,1-4H3,(H,24,31). The van der Waals surface area contributed by atoms with Gasteiger partial charge in [0.05, 0.1) is 11.3 Å². The van der Waals surface area contributed by atoms with E-state index in [1.54, 1.807) is 25.3 Å². The van der Waals surface area contributed by atoms with E-state index in [1.807, 2.05) is 13.8 Å². The predicted octanol–water partition coefficient (Wildman–Crippen LogP) is 0.612. The zero-order valence-corrected chi connectivity index (χ0v) is 18.7. The van der Waals surface area contributed by atoms with E-state index >= 15 is 0 Å². The van der Waals surface area contributed by atoms with Crippen molar-refractivity contribution in [3.63, 3.8) is 0 Å². The van der Waals surface area contributed by atoms with E-state index in [1.165, 1.54) is 23.7 Å². The molecular weight excluding hydrogens is 430 g/mol. The maximum absolute atomic E-state index is 12.7. The average Bonchev–Trinajstić information content (AvgIpc) is 3.11. The van der Waals surface area contributed by atoms with E-state index in [0.29, 0.717) is 11.4 Å². The van der Waals surface area contributed by atoms with Gasteiger partial charge < -0.3 is 15.5 Å². The number of Topliss-reactive ketones (excluding diaryl/α,β-unsaturated/α-hetero) is 1. The summed E-state index contributed by atoms with van der Waals surface area (Å²) < 4.78 is 8.46. The Morgan fingerprint density at radius 2 is 1.76 bits per heavy atom. The molecule has 0 bridgehead atoms. The van der Waals surface area contributed by atoms with Crippen LogP contribution in [0, 0.1) is 12.8 Å². The van der Waals surface area contributed by atoms with Crippen molar-refractivity contribution < 1.29 is 14.3 Å². The van der Waals surface area contributed by atoms with Crippen molar-refractivity contribution in [1.82, 2.24) is 18.7 Å². The van der Waals surface area contributed by atoms with Gasteiger partial charge in [0.25, 0.3) is 5.56 Å². The molecule has 3 N–H and O–H groups in total. The molecule has 0 aliphatic rings. The van der Waals surface area contributed by atoms with E-state index < -0.39 is 35.2 Å². The molecule has 0 spiro atoms. The quantitative estimate of drug-likeness (QED) is 0.391. The number of nitrogens with two attached hydrogens (primary N) is 1. The molecule has 1 aromatic carbocycles. The fraction of sp³-hybridized carbons (Fsp3) is 0.318. The summed E-state index contributed by atoms with van der Waals surface area (Å²) in [5.41, 5.74) is 5.17. The minimum atomic E-state index is -0.852. The number of H-pyrrole nitrogens is 1. The molecule has 2 heterocycles. The Morgan fingerprint density at radius 1 is 1.12 bits per heavy atom. The van der Waals surface area contributed by atoms with Crippen LogP contribution in [0.15, 0.2) is 44.8 Å². The Bertz CT molecular complexity index is 1390. The molecule has 33 heavy (non-hydrogen) atoms. The third-order valence-corrected chi connectivity index (χ3v) is 5.07. The molecule has 11 heteroatoms. The molecule has 0 aliphatic heterocycles. The SMILES string of the molecule is Cc1c[nH]c(=O)n1-c1ccc(C(=O)OCC(=O)c2c(N)n(CC(C)C)c(=O)n(C)c2=O)cc1. The van der Waals surface area contributed by atoms with Gasteiger partial charge in [0, 0.05) is 25.5 Å². The van der Waals surface area contributed by atoms with Crippen LogP contribution in [0.1, 0.15) is 40.3 Å². The number of nitrogens with one attached hydrogen (secondary N) is 1. The smallest absolute Gasteiger partial charge is 0.338 e. The van der Waals surface area contributed by atoms with Crippen LogP contribution in [0.4, 0.5) is 5.82 Å². The maximum atomic E-state index is 12.7. The second-order valence-electron chi connectivity index (χ2n) is 8.03. The highest BCUT2D eigenvalue weighted by molar-refractivity contribution is 6.02. The summed E-state index contributed by atoms with van der Waals surface area (Å²) in [6.07, 6.45) is 1.57. The summed E-state index contributed by atoms with van der Waals surface area (Å²) in [7, 11) is 1.25. The van der Waals surface area contributed by atoms with Crippen LogP contribution in [0.25, 0.3) is 5.69 Å². The Kier molecular flexibility index (Phi) is 6.52. The van der Waals surface area contributed by atoms with Crippen LogP contribution in [0.3, 0.4) is 0 Å². The molecular formula is C22H25N5O6. The lowest BCUT2D eigenvalue weighted by atomic mass is 10.1. The summed E-state index contributed by atoms with van der Waals surface area (Å²) in [6.45, 7) is 4.97. The number of imidazole rings is 1. The van der Waals surface area contributed by atoms with Crippen LogP contribution in [0.5, 0.6) is 0 Å². The average molecular weight is 455 g/mol. The minimum Gasteiger partial charge on any atom is -0.454 e. The molecule has 174 valence electrons. The number of ketones is 1. The van der Waals surface area contributed by atoms with E-state index in [4.69, 9.17) is 10.5 Å². The highest BCUT2D eigenvalue weighted by atomic mass is 16.5. The molecule has 0 amide bonds. The van der Waals surface area contributed by atoms with Crippen molar-refractivity contribution in [2.24, 2.45) is 13.0 Å². The first-order valence-electron chi connectivity index (χ1n) is 10.2. The lowest BCUT2D eigenvalue weighted by molar-refractivity contribution is 0.0474. The van der Waals surface area contributed by atoms with Crippen LogP contribution < -0.4 is 22.7 Å². The van der Waals surface area contributed by atoms with Gasteiger partial charge in [-0.15, -0.1) is 0 Å². The Balaban J connectivity index is 1.79. The molecule has 3 aromatic rings. The van der Waals surface area contributed by atoms with Gasteiger partial charge in [-0.25, -0.2) is 14.4 Å². The second-order valence-corrected chi connectivity index (χ2v) is 8.03. The van der Waals surface area contributed by atoms with Crippen molar-refractivity contribution in [2.45, 2.75) is 27.3 Å². The first-order chi connectivity index (χ1) is 15.5. The number of benzene rings is 1. The van der Waals surface area contributed by atoms with Gasteiger partial charge in [0.15, 0.2) is 6.61 Å². The molecule has 0 saturated carbocycles. The van der Waals surface area contributed by atoms with Crippen molar-refractivity contribution in [2.75, 3.05) is 12.3 Å². The van der Waals surface area contributed by atoms with Crippen molar-refractivity contribution in [3.05, 3.63) is 78.6 Å². The number of carbonyl (C=O) groups is 2. The predicted molar refractivity (Wildman–Crippen MR) is 121 cm³/mol. The zero-order chi connectivity index (χ0) is 24.4. The van der Waals surface area contributed by atoms with E-state index in [9.17, 15) is 24.0 Å². The summed E-state index contributed by atoms with van der Waals surface area (Å²) in [5, 5.41) is 0. The fourth-order valence-corrected chi connectivity index (χ4v) is 3.40. The van der Waals surface area contributed by atoms with E-state index in [0.717, 1.165) is 9.13 Å². The number of aromatic amines is 1. The molecule has 0 atom stereocenters. The van der Waals surface area contributed by atoms with Crippen LogP contribution in [-0.4, -0.2) is 37.0 Å². The van der Waals surface area contributed by atoms with Crippen LogP contribution in [0.2, 0.25) is 0 Å². The third kappa shape index (κ3) is 4.56. The Morgan fingerprint density at radius 3 is 2.30 bits per heavy atom. The van der Waals surface area contributed by atoms with Gasteiger partial charge in [-0.3, -0.25) is 23.3 Å². The van der Waals surface area contributed by atoms with E-state index in [-0.39, 0.29) is 29.5 Å². The number of hydrogen-bond acceptors (Lipinski definition) is 7. The molecule has 2 aromatic heterocycles. The maximum Gasteiger partial charge on any atom is 0.338 e. The number of carbonyl (C=O) groups excluding carboxylic acids is 2. The summed E-state index contributed by atoms with van der Waals surface area (Å²) >= 11 is 0. The number of rotatable bonds is 7. The van der Waals surface area contributed by atoms with Gasteiger partial charge in [-0.1, -0.05) is 13.8 Å². The van der Waals surface area contributed by atoms with Gasteiger partial charge >= 0.3 is 17.3 Å². The number of aromatic nitrogens is 4. The largest absolute Gasteiger partial charge is 0.454 e. The first-order valence-corrected chi connectivity index (χ1v) is 10.2. The van der Waals surface area contributed by atoms with Gasteiger partial charge in [0.1, 0.15) is 11.4 Å². The number of esters is 1. The highest BCUT2D eigenvalue weighted by Gasteiger charge is 2.23. The third-order valence-electron chi connectivity index (χ3n) is 5.07. The summed E-state index contributed by atoms with van der Waals surface area (Å²) in [5.74, 6) is -1.82. The van der Waals surface area contributed by atoms with Crippen LogP contribution >= 0.6 is 0 Å². The lowest BCUT2D eigenvalue weighted by Crippen LogP contribution is -2.43. The van der Waals surface area contributed by atoms with Crippen molar-refractivity contribution in [1.29, 1.82) is 0 Å².